The molecule has 19 heavy (non-hydrogen) atoms. The predicted molar refractivity (Wildman–Crippen MR) is 69.1 cm³/mol. The van der Waals surface area contributed by atoms with Gasteiger partial charge in [-0.2, -0.15) is 4.98 Å². The number of rotatable bonds is 2. The van der Waals surface area contributed by atoms with Crippen LogP contribution in [0.25, 0.3) is 11.5 Å². The Labute approximate surface area is 111 Å². The molecule has 0 amide bonds. The lowest BCUT2D eigenvalue weighted by Crippen LogP contribution is -2.39. The zero-order valence-corrected chi connectivity index (χ0v) is 11.1. The summed E-state index contributed by atoms with van der Waals surface area (Å²) in [7, 11) is 0. The summed E-state index contributed by atoms with van der Waals surface area (Å²) in [5, 5.41) is 7.47. The molecule has 6 nitrogen and oxygen atoms in total. The molecule has 0 aliphatic carbocycles. The minimum atomic E-state index is 0.101. The SMILES string of the molecule is CC1(C)CCCNC1c1nc(-c2ccncn2)no1. The Bertz CT molecular complexity index is 551. The Morgan fingerprint density at radius 3 is 3.05 bits per heavy atom. The van der Waals surface area contributed by atoms with Gasteiger partial charge in [-0.15, -0.1) is 0 Å². The number of nitrogens with one attached hydrogen (secondary N) is 1. The highest BCUT2D eigenvalue weighted by atomic mass is 16.5. The third kappa shape index (κ3) is 2.35. The molecule has 1 fully saturated rings. The van der Waals surface area contributed by atoms with Crippen LogP contribution in [-0.4, -0.2) is 26.7 Å². The summed E-state index contributed by atoms with van der Waals surface area (Å²) in [4.78, 5) is 12.5. The Hall–Kier alpha value is -1.82. The molecule has 0 bridgehead atoms. The van der Waals surface area contributed by atoms with Crippen molar-refractivity contribution < 1.29 is 4.52 Å². The molecule has 2 aromatic heterocycles. The van der Waals surface area contributed by atoms with Crippen molar-refractivity contribution in [3.8, 4) is 11.5 Å². The summed E-state index contributed by atoms with van der Waals surface area (Å²) in [5.41, 5.74) is 0.798. The molecule has 0 aromatic carbocycles. The van der Waals surface area contributed by atoms with Crippen LogP contribution in [0.2, 0.25) is 0 Å². The molecular weight excluding hydrogens is 242 g/mol. The van der Waals surface area contributed by atoms with Gasteiger partial charge in [-0.25, -0.2) is 9.97 Å². The maximum atomic E-state index is 5.41. The first-order valence-electron chi connectivity index (χ1n) is 6.50. The van der Waals surface area contributed by atoms with Gasteiger partial charge in [0, 0.05) is 6.20 Å². The van der Waals surface area contributed by atoms with E-state index in [4.69, 9.17) is 4.52 Å². The van der Waals surface area contributed by atoms with Crippen molar-refractivity contribution in [1.82, 2.24) is 25.4 Å². The van der Waals surface area contributed by atoms with E-state index >= 15 is 0 Å². The molecule has 100 valence electrons. The molecule has 1 aliphatic rings. The lowest BCUT2D eigenvalue weighted by atomic mass is 9.77. The van der Waals surface area contributed by atoms with Crippen LogP contribution in [0.1, 0.15) is 38.6 Å². The van der Waals surface area contributed by atoms with E-state index in [0.717, 1.165) is 13.0 Å². The van der Waals surface area contributed by atoms with Gasteiger partial charge >= 0.3 is 0 Å². The maximum absolute atomic E-state index is 5.41. The van der Waals surface area contributed by atoms with E-state index < -0.39 is 0 Å². The molecule has 2 aromatic rings. The van der Waals surface area contributed by atoms with Gasteiger partial charge in [0.15, 0.2) is 0 Å². The summed E-state index contributed by atoms with van der Waals surface area (Å²) in [6.45, 7) is 5.43. The molecule has 0 spiro atoms. The molecule has 1 unspecified atom stereocenters. The predicted octanol–water partition coefficient (Wildman–Crippen LogP) is 1.98. The fourth-order valence-corrected chi connectivity index (χ4v) is 2.51. The third-order valence-electron chi connectivity index (χ3n) is 3.63. The second-order valence-electron chi connectivity index (χ2n) is 5.53. The van der Waals surface area contributed by atoms with Crippen LogP contribution < -0.4 is 5.32 Å². The number of nitrogens with zero attached hydrogens (tertiary/aromatic N) is 4. The highest BCUT2D eigenvalue weighted by Gasteiger charge is 2.37. The van der Waals surface area contributed by atoms with Gasteiger partial charge in [0.1, 0.15) is 12.0 Å². The Morgan fingerprint density at radius 1 is 1.42 bits per heavy atom. The smallest absolute Gasteiger partial charge is 0.244 e. The molecule has 3 rings (SSSR count). The minimum absolute atomic E-state index is 0.101. The van der Waals surface area contributed by atoms with Crippen molar-refractivity contribution >= 4 is 0 Å². The standard InChI is InChI=1S/C13H17N5O/c1-13(2)5-3-6-15-10(13)12-17-11(18-19-12)9-4-7-14-8-16-9/h4,7-8,10,15H,3,5-6H2,1-2H3. The van der Waals surface area contributed by atoms with Crippen molar-refractivity contribution in [3.63, 3.8) is 0 Å². The van der Waals surface area contributed by atoms with Crippen LogP contribution in [0.5, 0.6) is 0 Å². The third-order valence-corrected chi connectivity index (χ3v) is 3.63. The van der Waals surface area contributed by atoms with Crippen molar-refractivity contribution in [3.05, 3.63) is 24.5 Å². The Balaban J connectivity index is 1.89. The molecular formula is C13H17N5O. The Kier molecular flexibility index (Phi) is 3.02. The van der Waals surface area contributed by atoms with Crippen molar-refractivity contribution in [2.45, 2.75) is 32.7 Å². The van der Waals surface area contributed by atoms with E-state index in [1.54, 1.807) is 12.3 Å². The van der Waals surface area contributed by atoms with Crippen LogP contribution in [0.3, 0.4) is 0 Å². The van der Waals surface area contributed by atoms with Crippen LogP contribution in [0, 0.1) is 5.41 Å². The van der Waals surface area contributed by atoms with Crippen molar-refractivity contribution in [2.24, 2.45) is 5.41 Å². The molecule has 1 atom stereocenters. The second-order valence-corrected chi connectivity index (χ2v) is 5.53. The number of piperidine rings is 1. The first-order valence-corrected chi connectivity index (χ1v) is 6.50. The second kappa shape index (κ2) is 4.70. The summed E-state index contributed by atoms with van der Waals surface area (Å²) >= 11 is 0. The number of hydrogen-bond acceptors (Lipinski definition) is 6. The molecule has 0 saturated carbocycles. The van der Waals surface area contributed by atoms with E-state index in [2.05, 4.69) is 39.3 Å². The van der Waals surface area contributed by atoms with Gasteiger partial charge in [0.25, 0.3) is 0 Å². The molecule has 1 aliphatic heterocycles. The first kappa shape index (κ1) is 12.2. The zero-order chi connectivity index (χ0) is 13.3. The number of aromatic nitrogens is 4. The topological polar surface area (TPSA) is 76.7 Å². The van der Waals surface area contributed by atoms with Gasteiger partial charge in [-0.1, -0.05) is 19.0 Å². The van der Waals surface area contributed by atoms with E-state index in [1.807, 2.05) is 0 Å². The summed E-state index contributed by atoms with van der Waals surface area (Å²) in [5.74, 6) is 1.15. The van der Waals surface area contributed by atoms with Crippen molar-refractivity contribution in [1.29, 1.82) is 0 Å². The van der Waals surface area contributed by atoms with Crippen LogP contribution in [0.4, 0.5) is 0 Å². The summed E-state index contributed by atoms with van der Waals surface area (Å²) in [6, 6.07) is 1.87. The quantitative estimate of drug-likeness (QED) is 0.888. The molecule has 1 N–H and O–H groups in total. The maximum Gasteiger partial charge on any atom is 0.244 e. The molecule has 0 radical (unpaired) electrons. The molecule has 6 heteroatoms. The summed E-state index contributed by atoms with van der Waals surface area (Å²) < 4.78 is 5.41. The van der Waals surface area contributed by atoms with E-state index in [1.165, 1.54) is 12.7 Å². The van der Waals surface area contributed by atoms with Crippen LogP contribution in [-0.2, 0) is 0 Å². The molecule has 1 saturated heterocycles. The van der Waals surface area contributed by atoms with Gasteiger partial charge in [-0.05, 0) is 30.9 Å². The highest BCUT2D eigenvalue weighted by molar-refractivity contribution is 5.46. The number of hydrogen-bond donors (Lipinski definition) is 1. The van der Waals surface area contributed by atoms with Gasteiger partial charge in [0.05, 0.1) is 6.04 Å². The fraction of sp³-hybridized carbons (Fsp3) is 0.538. The zero-order valence-electron chi connectivity index (χ0n) is 11.1. The average Bonchev–Trinajstić information content (AvgIpc) is 2.88. The first-order chi connectivity index (χ1) is 9.17. The van der Waals surface area contributed by atoms with Crippen molar-refractivity contribution in [2.75, 3.05) is 6.54 Å². The van der Waals surface area contributed by atoms with E-state index in [-0.39, 0.29) is 11.5 Å². The summed E-state index contributed by atoms with van der Waals surface area (Å²) in [6.07, 6.45) is 5.47. The minimum Gasteiger partial charge on any atom is -0.337 e. The molecule has 3 heterocycles. The van der Waals surface area contributed by atoms with E-state index in [0.29, 0.717) is 17.4 Å². The largest absolute Gasteiger partial charge is 0.337 e. The lowest BCUT2D eigenvalue weighted by molar-refractivity contribution is 0.146. The van der Waals surface area contributed by atoms with Crippen LogP contribution in [0.15, 0.2) is 23.1 Å². The normalized spacial score (nSPS) is 22.3. The van der Waals surface area contributed by atoms with Gasteiger partial charge in [0.2, 0.25) is 11.7 Å². The van der Waals surface area contributed by atoms with Crippen LogP contribution >= 0.6 is 0 Å². The lowest BCUT2D eigenvalue weighted by Gasteiger charge is -2.36. The average molecular weight is 259 g/mol. The Morgan fingerprint density at radius 2 is 2.32 bits per heavy atom. The highest BCUT2D eigenvalue weighted by Crippen LogP contribution is 2.39. The van der Waals surface area contributed by atoms with Gasteiger partial charge in [-0.3, -0.25) is 0 Å². The van der Waals surface area contributed by atoms with Gasteiger partial charge < -0.3 is 9.84 Å². The monoisotopic (exact) mass is 259 g/mol. The fourth-order valence-electron chi connectivity index (χ4n) is 2.51. The van der Waals surface area contributed by atoms with E-state index in [9.17, 15) is 0 Å².